The van der Waals surface area contributed by atoms with Gasteiger partial charge in [0.15, 0.2) is 0 Å². The summed E-state index contributed by atoms with van der Waals surface area (Å²) in [5.41, 5.74) is 7.80. The zero-order chi connectivity index (χ0) is 12.1. The molecule has 3 nitrogen and oxygen atoms in total. The fraction of sp³-hybridized carbons (Fsp3) is 0.308. The zero-order valence-electron chi connectivity index (χ0n) is 9.58. The minimum absolute atomic E-state index is 0.0285. The number of anilines is 1. The fourth-order valence-electron chi connectivity index (χ4n) is 1.48. The Morgan fingerprint density at radius 1 is 1.56 bits per heavy atom. The van der Waals surface area contributed by atoms with Crippen molar-refractivity contribution >= 4 is 11.6 Å². The lowest BCUT2D eigenvalue weighted by atomic mass is 10.1. The Kier molecular flexibility index (Phi) is 3.96. The number of nitrogens with one attached hydrogen (secondary N) is 1. The molecular weight excluding hydrogens is 200 g/mol. The van der Waals surface area contributed by atoms with E-state index >= 15 is 0 Å². The molecule has 1 aromatic rings. The first-order valence-electron chi connectivity index (χ1n) is 5.14. The lowest BCUT2D eigenvalue weighted by Gasteiger charge is -2.11. The van der Waals surface area contributed by atoms with Gasteiger partial charge in [0.1, 0.15) is 0 Å². The third-order valence-electron chi connectivity index (χ3n) is 2.16. The molecule has 1 rings (SSSR count). The Labute approximate surface area is 96.0 Å². The number of carbonyl (C=O) groups is 1. The maximum atomic E-state index is 11.8. The average Bonchev–Trinajstić information content (AvgIpc) is 2.16. The first-order chi connectivity index (χ1) is 7.52. The molecule has 1 aromatic carbocycles. The zero-order valence-corrected chi connectivity index (χ0v) is 9.58. The third kappa shape index (κ3) is 3.32. The Hall–Kier alpha value is -1.95. The van der Waals surface area contributed by atoms with Gasteiger partial charge in [0.25, 0.3) is 5.91 Å². The number of nitrogen functional groups attached to an aromatic ring is 1. The second-order valence-corrected chi connectivity index (χ2v) is 3.92. The van der Waals surface area contributed by atoms with Gasteiger partial charge >= 0.3 is 0 Å². The molecule has 0 aliphatic rings. The van der Waals surface area contributed by atoms with Crippen LogP contribution < -0.4 is 11.1 Å². The quantitative estimate of drug-likeness (QED) is 0.597. The van der Waals surface area contributed by atoms with Crippen molar-refractivity contribution in [1.29, 1.82) is 0 Å². The van der Waals surface area contributed by atoms with Crippen LogP contribution in [0.2, 0.25) is 0 Å². The Bertz CT molecular complexity index is 412. The van der Waals surface area contributed by atoms with Gasteiger partial charge in [-0.2, -0.15) is 0 Å². The molecule has 1 unspecified atom stereocenters. The molecule has 16 heavy (non-hydrogen) atoms. The summed E-state index contributed by atoms with van der Waals surface area (Å²) in [7, 11) is 0. The lowest BCUT2D eigenvalue weighted by Crippen LogP contribution is -2.32. The number of hydrogen-bond donors (Lipinski definition) is 2. The fourth-order valence-corrected chi connectivity index (χ4v) is 1.48. The average molecular weight is 216 g/mol. The van der Waals surface area contributed by atoms with Crippen LogP contribution in [0.5, 0.6) is 0 Å². The second-order valence-electron chi connectivity index (χ2n) is 3.92. The smallest absolute Gasteiger partial charge is 0.251 e. The molecule has 3 N–H and O–H groups in total. The molecule has 0 aromatic heterocycles. The van der Waals surface area contributed by atoms with E-state index in [9.17, 15) is 4.79 Å². The molecule has 3 heteroatoms. The van der Waals surface area contributed by atoms with Gasteiger partial charge in [0, 0.05) is 23.7 Å². The van der Waals surface area contributed by atoms with E-state index in [1.807, 2.05) is 19.9 Å². The highest BCUT2D eigenvalue weighted by atomic mass is 16.1. The van der Waals surface area contributed by atoms with Gasteiger partial charge in [-0.05, 0) is 37.6 Å². The standard InChI is InChI=1S/C13H16N2O/c1-4-5-10(3)15-13(16)11-6-9(2)7-12(14)8-11/h1,6-8,10H,5,14H2,2-3H3,(H,15,16). The van der Waals surface area contributed by atoms with Gasteiger partial charge in [-0.25, -0.2) is 0 Å². The Morgan fingerprint density at radius 3 is 2.81 bits per heavy atom. The number of rotatable bonds is 3. The first kappa shape index (κ1) is 12.1. The van der Waals surface area contributed by atoms with Crippen LogP contribution in [0, 0.1) is 19.3 Å². The number of benzene rings is 1. The third-order valence-corrected chi connectivity index (χ3v) is 2.16. The molecule has 0 bridgehead atoms. The predicted molar refractivity (Wildman–Crippen MR) is 66.0 cm³/mol. The Balaban J connectivity index is 2.77. The van der Waals surface area contributed by atoms with Crippen molar-refractivity contribution in [3.05, 3.63) is 29.3 Å². The Morgan fingerprint density at radius 2 is 2.25 bits per heavy atom. The van der Waals surface area contributed by atoms with Crippen molar-refractivity contribution in [3.63, 3.8) is 0 Å². The molecule has 0 radical (unpaired) electrons. The highest BCUT2D eigenvalue weighted by molar-refractivity contribution is 5.95. The summed E-state index contributed by atoms with van der Waals surface area (Å²) in [6.07, 6.45) is 5.69. The van der Waals surface area contributed by atoms with Crippen molar-refractivity contribution < 1.29 is 4.79 Å². The monoisotopic (exact) mass is 216 g/mol. The van der Waals surface area contributed by atoms with E-state index in [0.29, 0.717) is 17.7 Å². The van der Waals surface area contributed by atoms with Crippen LogP contribution in [0.1, 0.15) is 29.3 Å². The molecule has 0 heterocycles. The van der Waals surface area contributed by atoms with E-state index in [0.717, 1.165) is 5.56 Å². The van der Waals surface area contributed by atoms with E-state index in [4.69, 9.17) is 12.2 Å². The van der Waals surface area contributed by atoms with Crippen LogP contribution in [-0.4, -0.2) is 11.9 Å². The summed E-state index contributed by atoms with van der Waals surface area (Å²) in [5.74, 6) is 2.37. The van der Waals surface area contributed by atoms with Gasteiger partial charge < -0.3 is 11.1 Å². The molecule has 1 amide bonds. The predicted octanol–water partition coefficient (Wildman–Crippen LogP) is 1.72. The molecule has 84 valence electrons. The summed E-state index contributed by atoms with van der Waals surface area (Å²) < 4.78 is 0. The maximum absolute atomic E-state index is 11.8. The number of terminal acetylenes is 1. The molecule has 1 atom stereocenters. The highest BCUT2D eigenvalue weighted by Crippen LogP contribution is 2.11. The van der Waals surface area contributed by atoms with Crippen molar-refractivity contribution in [2.75, 3.05) is 5.73 Å². The molecule has 0 saturated carbocycles. The number of amides is 1. The SMILES string of the molecule is C#CCC(C)NC(=O)c1cc(C)cc(N)c1. The molecule has 0 saturated heterocycles. The van der Waals surface area contributed by atoms with Crippen molar-refractivity contribution in [2.45, 2.75) is 26.3 Å². The number of carbonyl (C=O) groups excluding carboxylic acids is 1. The van der Waals surface area contributed by atoms with E-state index in [2.05, 4.69) is 11.2 Å². The molecular formula is C13H16N2O. The number of nitrogens with two attached hydrogens (primary N) is 1. The van der Waals surface area contributed by atoms with Crippen LogP contribution in [0.4, 0.5) is 5.69 Å². The summed E-state index contributed by atoms with van der Waals surface area (Å²) in [5, 5.41) is 2.81. The van der Waals surface area contributed by atoms with Crippen LogP contribution in [0.25, 0.3) is 0 Å². The van der Waals surface area contributed by atoms with Gasteiger partial charge in [0.2, 0.25) is 0 Å². The van der Waals surface area contributed by atoms with Gasteiger partial charge in [0.05, 0.1) is 0 Å². The lowest BCUT2D eigenvalue weighted by molar-refractivity contribution is 0.0941. The van der Waals surface area contributed by atoms with E-state index in [1.54, 1.807) is 12.1 Å². The van der Waals surface area contributed by atoms with Crippen molar-refractivity contribution in [1.82, 2.24) is 5.32 Å². The van der Waals surface area contributed by atoms with Crippen LogP contribution in [0.15, 0.2) is 18.2 Å². The molecule has 0 fully saturated rings. The molecule has 0 aliphatic carbocycles. The molecule has 0 spiro atoms. The van der Waals surface area contributed by atoms with Crippen LogP contribution >= 0.6 is 0 Å². The van der Waals surface area contributed by atoms with E-state index in [-0.39, 0.29) is 11.9 Å². The highest BCUT2D eigenvalue weighted by Gasteiger charge is 2.09. The van der Waals surface area contributed by atoms with Gasteiger partial charge in [-0.15, -0.1) is 12.3 Å². The van der Waals surface area contributed by atoms with E-state index < -0.39 is 0 Å². The largest absolute Gasteiger partial charge is 0.399 e. The number of aryl methyl sites for hydroxylation is 1. The van der Waals surface area contributed by atoms with Gasteiger partial charge in [-0.1, -0.05) is 0 Å². The minimum atomic E-state index is -0.141. The molecule has 0 aliphatic heterocycles. The number of hydrogen-bond acceptors (Lipinski definition) is 2. The van der Waals surface area contributed by atoms with Crippen LogP contribution in [0.3, 0.4) is 0 Å². The summed E-state index contributed by atoms with van der Waals surface area (Å²) in [6, 6.07) is 5.25. The summed E-state index contributed by atoms with van der Waals surface area (Å²) in [4.78, 5) is 11.8. The minimum Gasteiger partial charge on any atom is -0.399 e. The topological polar surface area (TPSA) is 55.1 Å². The van der Waals surface area contributed by atoms with Crippen LogP contribution in [-0.2, 0) is 0 Å². The normalized spacial score (nSPS) is 11.6. The first-order valence-corrected chi connectivity index (χ1v) is 5.14. The van der Waals surface area contributed by atoms with Crippen molar-refractivity contribution in [2.24, 2.45) is 0 Å². The van der Waals surface area contributed by atoms with Gasteiger partial charge in [-0.3, -0.25) is 4.79 Å². The van der Waals surface area contributed by atoms with E-state index in [1.165, 1.54) is 0 Å². The summed E-state index contributed by atoms with van der Waals surface area (Å²) >= 11 is 0. The second kappa shape index (κ2) is 5.22. The van der Waals surface area contributed by atoms with Crippen molar-refractivity contribution in [3.8, 4) is 12.3 Å². The summed E-state index contributed by atoms with van der Waals surface area (Å²) in [6.45, 7) is 3.77. The maximum Gasteiger partial charge on any atom is 0.251 e.